The van der Waals surface area contributed by atoms with Crippen LogP contribution in [0.5, 0.6) is 0 Å². The van der Waals surface area contributed by atoms with Crippen LogP contribution in [-0.2, 0) is 29.2 Å². The van der Waals surface area contributed by atoms with Crippen molar-refractivity contribution in [3.05, 3.63) is 47.3 Å². The highest BCUT2D eigenvalue weighted by molar-refractivity contribution is 5.73. The number of ether oxygens (including phenoxy) is 1. The largest absolute Gasteiger partial charge is 0.374 e. The number of carbonyl (C=O) groups is 1. The van der Waals surface area contributed by atoms with Crippen molar-refractivity contribution < 1.29 is 9.53 Å². The van der Waals surface area contributed by atoms with E-state index < -0.39 is 0 Å². The first kappa shape index (κ1) is 17.2. The average Bonchev–Trinajstić information content (AvgIpc) is 3.33. The standard InChI is InChI=1S/C20H26N4O2/c1-14-4-3-5-18(22-14)12-26-11-17-9-23(15(2)25)10-19-20(17)24(13-21-19)8-16-6-7-16/h3-5,13,16-17H,6-12H2,1-2H3. The molecule has 3 heterocycles. The molecule has 0 radical (unpaired) electrons. The number of fused-ring (bicyclic) bond motifs is 1. The topological polar surface area (TPSA) is 60.2 Å². The van der Waals surface area contributed by atoms with Crippen LogP contribution in [0, 0.1) is 12.8 Å². The normalized spacial score (nSPS) is 19.5. The van der Waals surface area contributed by atoms with E-state index in [2.05, 4.69) is 14.5 Å². The first-order valence-electron chi connectivity index (χ1n) is 9.40. The molecule has 2 aromatic rings. The maximum Gasteiger partial charge on any atom is 0.219 e. The van der Waals surface area contributed by atoms with Crippen molar-refractivity contribution in [3.8, 4) is 0 Å². The van der Waals surface area contributed by atoms with E-state index in [0.717, 1.165) is 29.5 Å². The van der Waals surface area contributed by atoms with Gasteiger partial charge in [-0.2, -0.15) is 0 Å². The Morgan fingerprint density at radius 1 is 1.35 bits per heavy atom. The van der Waals surface area contributed by atoms with Crippen molar-refractivity contribution in [2.45, 2.75) is 52.3 Å². The Hall–Kier alpha value is -2.21. The summed E-state index contributed by atoms with van der Waals surface area (Å²) in [5, 5.41) is 0. The number of rotatable bonds is 6. The fourth-order valence-corrected chi connectivity index (χ4v) is 3.70. The second kappa shape index (κ2) is 7.19. The number of imidazole rings is 1. The van der Waals surface area contributed by atoms with E-state index in [1.807, 2.05) is 36.4 Å². The van der Waals surface area contributed by atoms with Gasteiger partial charge in [-0.25, -0.2) is 4.98 Å². The summed E-state index contributed by atoms with van der Waals surface area (Å²) in [7, 11) is 0. The van der Waals surface area contributed by atoms with Gasteiger partial charge >= 0.3 is 0 Å². The molecule has 26 heavy (non-hydrogen) atoms. The number of carbonyl (C=O) groups excluding carboxylic acids is 1. The van der Waals surface area contributed by atoms with Crippen LogP contribution in [0.4, 0.5) is 0 Å². The van der Waals surface area contributed by atoms with E-state index in [1.165, 1.54) is 18.5 Å². The molecule has 0 bridgehead atoms. The van der Waals surface area contributed by atoms with Crippen LogP contribution in [0.3, 0.4) is 0 Å². The molecule has 0 aromatic carbocycles. The summed E-state index contributed by atoms with van der Waals surface area (Å²) in [6, 6.07) is 5.97. The zero-order chi connectivity index (χ0) is 18.1. The Balaban J connectivity index is 1.48. The van der Waals surface area contributed by atoms with Gasteiger partial charge in [0.15, 0.2) is 0 Å². The molecular formula is C20H26N4O2. The van der Waals surface area contributed by atoms with Gasteiger partial charge in [0.25, 0.3) is 0 Å². The molecule has 138 valence electrons. The van der Waals surface area contributed by atoms with Crippen molar-refractivity contribution in [1.29, 1.82) is 0 Å². The van der Waals surface area contributed by atoms with Gasteiger partial charge < -0.3 is 14.2 Å². The van der Waals surface area contributed by atoms with Crippen LogP contribution in [0.15, 0.2) is 24.5 Å². The molecule has 1 aliphatic heterocycles. The first-order chi connectivity index (χ1) is 12.6. The molecule has 1 unspecified atom stereocenters. The van der Waals surface area contributed by atoms with Crippen LogP contribution in [0.2, 0.25) is 0 Å². The molecule has 0 saturated heterocycles. The predicted molar refractivity (Wildman–Crippen MR) is 97.4 cm³/mol. The van der Waals surface area contributed by atoms with Gasteiger partial charge in [-0.1, -0.05) is 6.07 Å². The zero-order valence-electron chi connectivity index (χ0n) is 15.5. The molecule has 1 atom stereocenters. The second-order valence-corrected chi connectivity index (χ2v) is 7.55. The van der Waals surface area contributed by atoms with E-state index in [0.29, 0.717) is 26.3 Å². The quantitative estimate of drug-likeness (QED) is 0.800. The molecule has 1 amide bonds. The Morgan fingerprint density at radius 2 is 2.19 bits per heavy atom. The number of amides is 1. The average molecular weight is 354 g/mol. The summed E-state index contributed by atoms with van der Waals surface area (Å²) in [4.78, 5) is 22.9. The lowest BCUT2D eigenvalue weighted by molar-refractivity contribution is -0.130. The van der Waals surface area contributed by atoms with Gasteiger partial charge in [-0.05, 0) is 37.8 Å². The zero-order valence-corrected chi connectivity index (χ0v) is 15.5. The maximum absolute atomic E-state index is 11.9. The lowest BCUT2D eigenvalue weighted by Gasteiger charge is -2.32. The van der Waals surface area contributed by atoms with E-state index in [4.69, 9.17) is 4.74 Å². The summed E-state index contributed by atoms with van der Waals surface area (Å²) >= 11 is 0. The van der Waals surface area contributed by atoms with Crippen molar-refractivity contribution in [3.63, 3.8) is 0 Å². The van der Waals surface area contributed by atoms with Crippen LogP contribution >= 0.6 is 0 Å². The molecular weight excluding hydrogens is 328 g/mol. The van der Waals surface area contributed by atoms with Crippen molar-refractivity contribution in [1.82, 2.24) is 19.4 Å². The third kappa shape index (κ3) is 3.80. The molecule has 1 fully saturated rings. The summed E-state index contributed by atoms with van der Waals surface area (Å²) in [6.07, 6.45) is 4.57. The third-order valence-electron chi connectivity index (χ3n) is 5.24. The highest BCUT2D eigenvalue weighted by Crippen LogP contribution is 2.34. The molecule has 2 aromatic heterocycles. The minimum atomic E-state index is 0.0951. The van der Waals surface area contributed by atoms with E-state index in [9.17, 15) is 4.79 Å². The number of pyridine rings is 1. The monoisotopic (exact) mass is 354 g/mol. The van der Waals surface area contributed by atoms with Gasteiger partial charge in [0.1, 0.15) is 0 Å². The van der Waals surface area contributed by atoms with E-state index in [-0.39, 0.29) is 11.8 Å². The van der Waals surface area contributed by atoms with Crippen LogP contribution in [0.25, 0.3) is 0 Å². The van der Waals surface area contributed by atoms with E-state index >= 15 is 0 Å². The lowest BCUT2D eigenvalue weighted by atomic mass is 9.98. The maximum atomic E-state index is 11.9. The minimum absolute atomic E-state index is 0.0951. The second-order valence-electron chi connectivity index (χ2n) is 7.55. The third-order valence-corrected chi connectivity index (χ3v) is 5.24. The minimum Gasteiger partial charge on any atom is -0.374 e. The summed E-state index contributed by atoms with van der Waals surface area (Å²) in [5.74, 6) is 1.05. The molecule has 6 heteroatoms. The molecule has 6 nitrogen and oxygen atoms in total. The number of hydrogen-bond donors (Lipinski definition) is 0. The van der Waals surface area contributed by atoms with Crippen molar-refractivity contribution in [2.24, 2.45) is 5.92 Å². The molecule has 1 aliphatic carbocycles. The number of aryl methyl sites for hydroxylation is 1. The Labute approximate surface area is 154 Å². The summed E-state index contributed by atoms with van der Waals surface area (Å²) < 4.78 is 8.30. The highest BCUT2D eigenvalue weighted by atomic mass is 16.5. The number of aromatic nitrogens is 3. The number of nitrogens with zero attached hydrogens (tertiary/aromatic N) is 4. The van der Waals surface area contributed by atoms with Crippen LogP contribution in [0.1, 0.15) is 48.5 Å². The van der Waals surface area contributed by atoms with E-state index in [1.54, 1.807) is 6.92 Å². The fraction of sp³-hybridized carbons (Fsp3) is 0.550. The first-order valence-corrected chi connectivity index (χ1v) is 9.40. The summed E-state index contributed by atoms with van der Waals surface area (Å²) in [6.45, 7) is 7.02. The number of hydrogen-bond acceptors (Lipinski definition) is 4. The Morgan fingerprint density at radius 3 is 2.92 bits per heavy atom. The molecule has 2 aliphatic rings. The van der Waals surface area contributed by atoms with Crippen LogP contribution in [-0.4, -0.2) is 38.5 Å². The fourth-order valence-electron chi connectivity index (χ4n) is 3.70. The molecule has 0 N–H and O–H groups in total. The Kier molecular flexibility index (Phi) is 4.76. The predicted octanol–water partition coefficient (Wildman–Crippen LogP) is 2.66. The van der Waals surface area contributed by atoms with Gasteiger partial charge in [0, 0.05) is 37.3 Å². The molecule has 0 spiro atoms. The van der Waals surface area contributed by atoms with Gasteiger partial charge in [-0.15, -0.1) is 0 Å². The SMILES string of the molecule is CC(=O)N1Cc2ncn(CC3CC3)c2C(COCc2cccc(C)n2)C1. The van der Waals surface area contributed by atoms with Crippen molar-refractivity contribution >= 4 is 5.91 Å². The van der Waals surface area contributed by atoms with Gasteiger partial charge in [0.05, 0.1) is 37.5 Å². The highest BCUT2D eigenvalue weighted by Gasteiger charge is 2.32. The molecule has 1 saturated carbocycles. The van der Waals surface area contributed by atoms with Gasteiger partial charge in [-0.3, -0.25) is 9.78 Å². The molecule has 4 rings (SSSR count). The lowest BCUT2D eigenvalue weighted by Crippen LogP contribution is -2.39. The smallest absolute Gasteiger partial charge is 0.219 e. The Bertz CT molecular complexity index is 797. The van der Waals surface area contributed by atoms with Crippen molar-refractivity contribution in [2.75, 3.05) is 13.2 Å². The van der Waals surface area contributed by atoms with Gasteiger partial charge in [0.2, 0.25) is 5.91 Å². The summed E-state index contributed by atoms with van der Waals surface area (Å²) in [5.41, 5.74) is 4.22. The van der Waals surface area contributed by atoms with Crippen LogP contribution < -0.4 is 0 Å².